The van der Waals surface area contributed by atoms with Gasteiger partial charge < -0.3 is 15.4 Å². The molecule has 0 heterocycles. The molecule has 2 N–H and O–H groups in total. The van der Waals surface area contributed by atoms with E-state index in [4.69, 9.17) is 10.5 Å². The molecule has 1 aliphatic carbocycles. The fourth-order valence-electron chi connectivity index (χ4n) is 2.37. The first kappa shape index (κ1) is 16.2. The molecule has 1 aliphatic rings. The first-order valence-electron chi connectivity index (χ1n) is 7.93. The molecule has 118 valence electrons. The molecule has 0 saturated heterocycles. The molecule has 21 heavy (non-hydrogen) atoms. The number of hydrogen-bond donors (Lipinski definition) is 1. The first-order valence-corrected chi connectivity index (χ1v) is 7.93. The van der Waals surface area contributed by atoms with Crippen LogP contribution in [0.1, 0.15) is 31.7 Å². The van der Waals surface area contributed by atoms with Crippen LogP contribution in [-0.4, -0.2) is 32.8 Å². The highest BCUT2D eigenvalue weighted by molar-refractivity contribution is 5.53. The summed E-state index contributed by atoms with van der Waals surface area (Å²) in [7, 11) is 2.02. The van der Waals surface area contributed by atoms with Crippen LogP contribution in [0, 0.1) is 11.7 Å². The fraction of sp³-hybridized carbons (Fsp3) is 0.647. The normalized spacial score (nSPS) is 16.0. The summed E-state index contributed by atoms with van der Waals surface area (Å²) in [6.45, 7) is 4.46. The van der Waals surface area contributed by atoms with Gasteiger partial charge in [-0.2, -0.15) is 0 Å². The number of benzene rings is 1. The van der Waals surface area contributed by atoms with Crippen molar-refractivity contribution in [1.29, 1.82) is 0 Å². The maximum Gasteiger partial charge on any atom is 0.123 e. The summed E-state index contributed by atoms with van der Waals surface area (Å²) < 4.78 is 19.2. The Morgan fingerprint density at radius 3 is 2.86 bits per heavy atom. The summed E-state index contributed by atoms with van der Waals surface area (Å²) >= 11 is 0. The van der Waals surface area contributed by atoms with Gasteiger partial charge in [-0.25, -0.2) is 4.39 Å². The zero-order valence-corrected chi connectivity index (χ0v) is 13.1. The first-order chi connectivity index (χ1) is 10.1. The molecule has 0 amide bonds. The van der Waals surface area contributed by atoms with Gasteiger partial charge in [0.1, 0.15) is 5.82 Å². The topological polar surface area (TPSA) is 38.5 Å². The van der Waals surface area contributed by atoms with Crippen molar-refractivity contribution in [2.45, 2.75) is 38.6 Å². The summed E-state index contributed by atoms with van der Waals surface area (Å²) in [4.78, 5) is 2.13. The maximum absolute atomic E-state index is 13.5. The highest BCUT2D eigenvalue weighted by Gasteiger charge is 2.21. The number of nitrogens with two attached hydrogens (primary N) is 1. The number of hydrogen-bond acceptors (Lipinski definition) is 3. The second-order valence-electron chi connectivity index (χ2n) is 6.09. The van der Waals surface area contributed by atoms with Gasteiger partial charge in [-0.3, -0.25) is 0 Å². The van der Waals surface area contributed by atoms with E-state index in [-0.39, 0.29) is 11.9 Å². The van der Waals surface area contributed by atoms with E-state index < -0.39 is 0 Å². The highest BCUT2D eigenvalue weighted by Crippen LogP contribution is 2.28. The Balaban J connectivity index is 1.91. The van der Waals surface area contributed by atoms with Crippen LogP contribution in [0.5, 0.6) is 0 Å². The monoisotopic (exact) mass is 294 g/mol. The van der Waals surface area contributed by atoms with Crippen LogP contribution >= 0.6 is 0 Å². The molecular formula is C17H27FN2O. The van der Waals surface area contributed by atoms with Crippen LogP contribution in [-0.2, 0) is 11.2 Å². The van der Waals surface area contributed by atoms with Crippen molar-refractivity contribution in [3.8, 4) is 0 Å². The van der Waals surface area contributed by atoms with Crippen LogP contribution in [0.3, 0.4) is 0 Å². The van der Waals surface area contributed by atoms with Gasteiger partial charge in [0.05, 0.1) is 6.61 Å². The Labute approximate surface area is 127 Å². The van der Waals surface area contributed by atoms with Gasteiger partial charge in [0.15, 0.2) is 0 Å². The lowest BCUT2D eigenvalue weighted by atomic mass is 10.0. The molecule has 0 aromatic heterocycles. The minimum Gasteiger partial charge on any atom is -0.379 e. The van der Waals surface area contributed by atoms with Crippen molar-refractivity contribution in [2.75, 3.05) is 31.7 Å². The van der Waals surface area contributed by atoms with Crippen molar-refractivity contribution in [3.63, 3.8) is 0 Å². The molecule has 3 nitrogen and oxygen atoms in total. The molecule has 0 bridgehead atoms. The van der Waals surface area contributed by atoms with E-state index in [0.717, 1.165) is 36.7 Å². The van der Waals surface area contributed by atoms with Gasteiger partial charge in [-0.15, -0.1) is 0 Å². The predicted octanol–water partition coefficient (Wildman–Crippen LogP) is 2.97. The van der Waals surface area contributed by atoms with Crippen LogP contribution in [0.15, 0.2) is 18.2 Å². The van der Waals surface area contributed by atoms with Crippen molar-refractivity contribution < 1.29 is 9.13 Å². The van der Waals surface area contributed by atoms with E-state index in [2.05, 4.69) is 11.8 Å². The second-order valence-corrected chi connectivity index (χ2v) is 6.09. The number of ether oxygens (including phenoxy) is 1. The number of halogens is 1. The molecule has 2 rings (SSSR count). The quantitative estimate of drug-likeness (QED) is 0.712. The Bertz CT molecular complexity index is 448. The van der Waals surface area contributed by atoms with E-state index in [9.17, 15) is 4.39 Å². The summed E-state index contributed by atoms with van der Waals surface area (Å²) in [5.74, 6) is 0.592. The van der Waals surface area contributed by atoms with E-state index in [1.54, 1.807) is 6.07 Å². The molecule has 1 saturated carbocycles. The molecule has 1 fully saturated rings. The Kier molecular flexibility index (Phi) is 6.00. The lowest BCUT2D eigenvalue weighted by molar-refractivity contribution is 0.131. The molecular weight excluding hydrogens is 267 g/mol. The second kappa shape index (κ2) is 7.76. The Morgan fingerprint density at radius 1 is 1.43 bits per heavy atom. The molecule has 1 aromatic rings. The van der Waals surface area contributed by atoms with Crippen LogP contribution in [0.4, 0.5) is 10.1 Å². The van der Waals surface area contributed by atoms with Gasteiger partial charge >= 0.3 is 0 Å². The van der Waals surface area contributed by atoms with Gasteiger partial charge in [0.25, 0.3) is 0 Å². The summed E-state index contributed by atoms with van der Waals surface area (Å²) in [5, 5.41) is 0. The van der Waals surface area contributed by atoms with Gasteiger partial charge in [0, 0.05) is 31.9 Å². The Morgan fingerprint density at radius 2 is 2.19 bits per heavy atom. The zero-order valence-electron chi connectivity index (χ0n) is 13.1. The average molecular weight is 294 g/mol. The third-order valence-corrected chi connectivity index (χ3v) is 4.08. The van der Waals surface area contributed by atoms with Crippen LogP contribution in [0.25, 0.3) is 0 Å². The number of nitrogens with zero attached hydrogens (tertiary/aromatic N) is 1. The van der Waals surface area contributed by atoms with Crippen molar-refractivity contribution in [1.82, 2.24) is 0 Å². The smallest absolute Gasteiger partial charge is 0.123 e. The summed E-state index contributed by atoms with van der Waals surface area (Å²) in [6, 6.07) is 5.03. The van der Waals surface area contributed by atoms with Gasteiger partial charge in [0.2, 0.25) is 0 Å². The van der Waals surface area contributed by atoms with Crippen molar-refractivity contribution in [3.05, 3.63) is 29.6 Å². The van der Waals surface area contributed by atoms with E-state index in [0.29, 0.717) is 13.0 Å². The standard InChI is InChI=1S/C17H27FN2O/c1-3-16(19)11-14-10-15(18)6-7-17(14)20(2)8-9-21-12-13-4-5-13/h6-7,10,13,16H,3-5,8-9,11-12,19H2,1-2H3. The predicted molar refractivity (Wildman–Crippen MR) is 85.2 cm³/mol. The van der Waals surface area contributed by atoms with Gasteiger partial charge in [-0.05, 0) is 55.4 Å². The molecule has 4 heteroatoms. The summed E-state index contributed by atoms with van der Waals surface area (Å²) in [5.41, 5.74) is 8.05. The molecule has 0 spiro atoms. The third-order valence-electron chi connectivity index (χ3n) is 4.08. The van der Waals surface area contributed by atoms with Gasteiger partial charge in [-0.1, -0.05) is 6.92 Å². The minimum absolute atomic E-state index is 0.0741. The molecule has 0 radical (unpaired) electrons. The molecule has 0 aliphatic heterocycles. The van der Waals surface area contributed by atoms with E-state index >= 15 is 0 Å². The zero-order chi connectivity index (χ0) is 15.2. The SMILES string of the molecule is CCC(N)Cc1cc(F)ccc1N(C)CCOCC1CC1. The van der Waals surface area contributed by atoms with Crippen LogP contribution in [0.2, 0.25) is 0 Å². The van der Waals surface area contributed by atoms with Crippen LogP contribution < -0.4 is 10.6 Å². The average Bonchev–Trinajstić information content (AvgIpc) is 3.27. The van der Waals surface area contributed by atoms with E-state index in [1.807, 2.05) is 13.1 Å². The third kappa shape index (κ3) is 5.29. The minimum atomic E-state index is -0.199. The summed E-state index contributed by atoms with van der Waals surface area (Å²) in [6.07, 6.45) is 4.22. The number of anilines is 1. The fourth-order valence-corrected chi connectivity index (χ4v) is 2.37. The highest BCUT2D eigenvalue weighted by atomic mass is 19.1. The lowest BCUT2D eigenvalue weighted by Crippen LogP contribution is -2.27. The van der Waals surface area contributed by atoms with Crippen molar-refractivity contribution >= 4 is 5.69 Å². The maximum atomic E-state index is 13.5. The number of rotatable bonds is 9. The molecule has 1 atom stereocenters. The largest absolute Gasteiger partial charge is 0.379 e. The molecule has 1 unspecified atom stereocenters. The Hall–Kier alpha value is -1.13. The molecule has 1 aromatic carbocycles. The number of likely N-dealkylation sites (N-methyl/N-ethyl adjacent to an activating group) is 1. The van der Waals surface area contributed by atoms with Crippen molar-refractivity contribution in [2.24, 2.45) is 11.7 Å². The van der Waals surface area contributed by atoms with E-state index in [1.165, 1.54) is 18.9 Å². The lowest BCUT2D eigenvalue weighted by Gasteiger charge is -2.23.